The number of amides is 1. The first-order valence-electron chi connectivity index (χ1n) is 9.13. The number of nitrogens with zero attached hydrogens (tertiary/aromatic N) is 4. The van der Waals surface area contributed by atoms with E-state index in [1.807, 2.05) is 5.38 Å². The molecule has 10 heteroatoms. The van der Waals surface area contributed by atoms with Crippen LogP contribution >= 0.6 is 11.3 Å². The predicted molar refractivity (Wildman–Crippen MR) is 108 cm³/mol. The number of piperidine rings is 1. The number of aryl methyl sites for hydroxylation is 1. The summed E-state index contributed by atoms with van der Waals surface area (Å²) >= 11 is 1.39. The lowest BCUT2D eigenvalue weighted by molar-refractivity contribution is 0.0725. The third-order valence-electron chi connectivity index (χ3n) is 4.92. The van der Waals surface area contributed by atoms with E-state index in [2.05, 4.69) is 9.97 Å². The summed E-state index contributed by atoms with van der Waals surface area (Å²) in [7, 11) is -1.83. The number of imidazole rings is 1. The van der Waals surface area contributed by atoms with Crippen molar-refractivity contribution in [1.82, 2.24) is 19.4 Å². The number of ether oxygens (including phenoxy) is 1. The van der Waals surface area contributed by atoms with Gasteiger partial charge in [-0.1, -0.05) is 11.3 Å². The fourth-order valence-corrected chi connectivity index (χ4v) is 5.66. The number of thiazole rings is 1. The molecule has 1 aliphatic heterocycles. The molecule has 0 aliphatic carbocycles. The van der Waals surface area contributed by atoms with E-state index < -0.39 is 15.1 Å². The molecule has 3 aromatic rings. The van der Waals surface area contributed by atoms with E-state index in [1.165, 1.54) is 22.1 Å². The Morgan fingerprint density at radius 2 is 1.86 bits per heavy atom. The summed E-state index contributed by atoms with van der Waals surface area (Å²) in [5.41, 5.74) is 0.543. The minimum atomic E-state index is -3.50. The number of hydrogen-bond donors (Lipinski definition) is 0. The van der Waals surface area contributed by atoms with Crippen molar-refractivity contribution in [2.75, 3.05) is 13.1 Å². The van der Waals surface area contributed by atoms with Crippen LogP contribution in [-0.2, 0) is 16.9 Å². The topological polar surface area (TPSA) is 94.4 Å². The van der Waals surface area contributed by atoms with E-state index in [-0.39, 0.29) is 11.1 Å². The lowest BCUT2D eigenvalue weighted by Gasteiger charge is -2.31. The van der Waals surface area contributed by atoms with Crippen LogP contribution in [0, 0.1) is 0 Å². The number of benzene rings is 1. The maximum absolute atomic E-state index is 12.8. The average Bonchev–Trinajstić information content (AvgIpc) is 3.40. The zero-order chi connectivity index (χ0) is 20.4. The molecule has 0 spiro atoms. The molecule has 0 bridgehead atoms. The summed E-state index contributed by atoms with van der Waals surface area (Å²) < 4.78 is 32.7. The summed E-state index contributed by atoms with van der Waals surface area (Å²) in [5.74, 6) is 0.495. The van der Waals surface area contributed by atoms with Gasteiger partial charge in [0.1, 0.15) is 5.75 Å². The Kier molecular flexibility index (Phi) is 5.37. The molecule has 1 aromatic carbocycles. The van der Waals surface area contributed by atoms with Crippen molar-refractivity contribution in [3.05, 3.63) is 53.8 Å². The molecule has 3 heterocycles. The minimum absolute atomic E-state index is 0.0816. The van der Waals surface area contributed by atoms with E-state index in [0.717, 1.165) is 0 Å². The SMILES string of the molecule is Cn1ccnc1S(=O)(=O)C1CCN(C(=O)c2ccc(Oc3nccs3)cc2)CC1. The first-order chi connectivity index (χ1) is 13.9. The molecule has 8 nitrogen and oxygen atoms in total. The van der Waals surface area contributed by atoms with Crippen LogP contribution in [0.3, 0.4) is 0 Å². The van der Waals surface area contributed by atoms with E-state index in [1.54, 1.807) is 48.6 Å². The first kappa shape index (κ1) is 19.6. The van der Waals surface area contributed by atoms with Gasteiger partial charge in [0.15, 0.2) is 0 Å². The molecule has 0 atom stereocenters. The van der Waals surface area contributed by atoms with E-state index in [0.29, 0.717) is 42.4 Å². The number of aromatic nitrogens is 3. The highest BCUT2D eigenvalue weighted by molar-refractivity contribution is 7.91. The number of likely N-dealkylation sites (tertiary alicyclic amines) is 1. The highest BCUT2D eigenvalue weighted by atomic mass is 32.2. The van der Waals surface area contributed by atoms with Crippen molar-refractivity contribution in [3.8, 4) is 10.9 Å². The fraction of sp³-hybridized carbons (Fsp3) is 0.316. The Labute approximate surface area is 172 Å². The molecule has 1 aliphatic rings. The van der Waals surface area contributed by atoms with Gasteiger partial charge >= 0.3 is 0 Å². The smallest absolute Gasteiger partial charge is 0.278 e. The van der Waals surface area contributed by atoms with Gasteiger partial charge in [-0.05, 0) is 37.1 Å². The second-order valence-electron chi connectivity index (χ2n) is 6.78. The quantitative estimate of drug-likeness (QED) is 0.615. The Balaban J connectivity index is 1.38. The summed E-state index contributed by atoms with van der Waals surface area (Å²) in [6.07, 6.45) is 5.55. The predicted octanol–water partition coefficient (Wildman–Crippen LogP) is 2.75. The highest BCUT2D eigenvalue weighted by Gasteiger charge is 2.35. The Hall–Kier alpha value is -2.72. The number of rotatable bonds is 5. The van der Waals surface area contributed by atoms with Gasteiger partial charge in [-0.15, -0.1) is 0 Å². The number of carbonyl (C=O) groups excluding carboxylic acids is 1. The van der Waals surface area contributed by atoms with Gasteiger partial charge in [-0.2, -0.15) is 0 Å². The molecule has 29 heavy (non-hydrogen) atoms. The normalized spacial score (nSPS) is 15.4. The summed E-state index contributed by atoms with van der Waals surface area (Å²) in [6, 6.07) is 6.88. The standard InChI is InChI=1S/C19H20N4O4S2/c1-22-12-8-20-18(22)29(25,26)16-6-10-23(11-7-16)17(24)14-2-4-15(5-3-14)27-19-21-9-13-28-19/h2-5,8-9,12-13,16H,6-7,10-11H2,1H3. The van der Waals surface area contributed by atoms with Crippen molar-refractivity contribution in [1.29, 1.82) is 0 Å². The molecule has 0 radical (unpaired) electrons. The third kappa shape index (κ3) is 4.03. The van der Waals surface area contributed by atoms with Gasteiger partial charge < -0.3 is 14.2 Å². The monoisotopic (exact) mass is 432 g/mol. The van der Waals surface area contributed by atoms with Crippen LogP contribution in [0.2, 0.25) is 0 Å². The average molecular weight is 433 g/mol. The van der Waals surface area contributed by atoms with Crippen LogP contribution < -0.4 is 4.74 Å². The summed E-state index contributed by atoms with van der Waals surface area (Å²) in [6.45, 7) is 0.787. The Morgan fingerprint density at radius 3 is 2.45 bits per heavy atom. The lowest BCUT2D eigenvalue weighted by atomic mass is 10.1. The molecule has 1 saturated heterocycles. The van der Waals surface area contributed by atoms with Crippen molar-refractivity contribution in [2.45, 2.75) is 23.2 Å². The minimum Gasteiger partial charge on any atom is -0.431 e. The van der Waals surface area contributed by atoms with Crippen molar-refractivity contribution >= 4 is 27.1 Å². The molecular weight excluding hydrogens is 412 g/mol. The maximum Gasteiger partial charge on any atom is 0.278 e. The largest absolute Gasteiger partial charge is 0.431 e. The van der Waals surface area contributed by atoms with Crippen molar-refractivity contribution in [3.63, 3.8) is 0 Å². The molecule has 1 amide bonds. The zero-order valence-electron chi connectivity index (χ0n) is 15.8. The molecule has 0 unspecified atom stereocenters. The number of sulfone groups is 1. The zero-order valence-corrected chi connectivity index (χ0v) is 17.4. The Bertz CT molecular complexity index is 1080. The molecular formula is C19H20N4O4S2. The number of hydrogen-bond acceptors (Lipinski definition) is 7. The van der Waals surface area contributed by atoms with Crippen LogP contribution in [0.5, 0.6) is 10.9 Å². The van der Waals surface area contributed by atoms with Gasteiger partial charge in [0.2, 0.25) is 15.0 Å². The molecule has 0 saturated carbocycles. The third-order valence-corrected chi connectivity index (χ3v) is 7.82. The molecule has 2 aromatic heterocycles. The molecule has 152 valence electrons. The second kappa shape index (κ2) is 7.96. The molecule has 0 N–H and O–H groups in total. The maximum atomic E-state index is 12.8. The first-order valence-corrected chi connectivity index (χ1v) is 11.6. The van der Waals surface area contributed by atoms with Gasteiger partial charge in [0, 0.05) is 49.7 Å². The molecule has 1 fully saturated rings. The van der Waals surface area contributed by atoms with Gasteiger partial charge in [-0.25, -0.2) is 18.4 Å². The number of carbonyl (C=O) groups is 1. The van der Waals surface area contributed by atoms with Crippen LogP contribution in [0.15, 0.2) is 53.4 Å². The summed E-state index contributed by atoms with van der Waals surface area (Å²) in [5, 5.41) is 1.92. The van der Waals surface area contributed by atoms with Crippen LogP contribution in [0.25, 0.3) is 0 Å². The summed E-state index contributed by atoms with van der Waals surface area (Å²) in [4.78, 5) is 22.5. The lowest BCUT2D eigenvalue weighted by Crippen LogP contribution is -2.42. The van der Waals surface area contributed by atoms with Crippen molar-refractivity contribution < 1.29 is 17.9 Å². The van der Waals surface area contributed by atoms with Gasteiger partial charge in [0.25, 0.3) is 11.1 Å². The second-order valence-corrected chi connectivity index (χ2v) is 9.76. The molecule has 4 rings (SSSR count). The van der Waals surface area contributed by atoms with Gasteiger partial charge in [0.05, 0.1) is 5.25 Å². The van der Waals surface area contributed by atoms with E-state index in [4.69, 9.17) is 4.74 Å². The highest BCUT2D eigenvalue weighted by Crippen LogP contribution is 2.26. The van der Waals surface area contributed by atoms with Crippen LogP contribution in [-0.4, -0.2) is 52.1 Å². The Morgan fingerprint density at radius 1 is 1.14 bits per heavy atom. The van der Waals surface area contributed by atoms with Crippen molar-refractivity contribution in [2.24, 2.45) is 7.05 Å². The van der Waals surface area contributed by atoms with E-state index >= 15 is 0 Å². The van der Waals surface area contributed by atoms with Gasteiger partial charge in [-0.3, -0.25) is 4.79 Å². The van der Waals surface area contributed by atoms with Crippen LogP contribution in [0.1, 0.15) is 23.2 Å². The van der Waals surface area contributed by atoms with Crippen LogP contribution in [0.4, 0.5) is 0 Å². The van der Waals surface area contributed by atoms with E-state index in [9.17, 15) is 13.2 Å². The fourth-order valence-electron chi connectivity index (χ4n) is 3.35.